The Morgan fingerprint density at radius 3 is 0.895 bits per heavy atom. The molecule has 0 saturated heterocycles. The Hall–Kier alpha value is -1.58. The Morgan fingerprint density at radius 1 is 0.579 bits per heavy atom. The Bertz CT molecular complexity index is 202. The highest BCUT2D eigenvalue weighted by Gasteiger charge is 1.57. The van der Waals surface area contributed by atoms with Crippen LogP contribution in [-0.4, -0.2) is 27.7 Å². The molecular formula is C15H32N4. The first-order valence-electron chi connectivity index (χ1n) is 6.76. The third kappa shape index (κ3) is 62.0. The van der Waals surface area contributed by atoms with Crippen LogP contribution in [0.25, 0.3) is 0 Å². The molecule has 0 heterocycles. The van der Waals surface area contributed by atoms with E-state index in [9.17, 15) is 0 Å². The van der Waals surface area contributed by atoms with Crippen molar-refractivity contribution in [1.82, 2.24) is 0 Å². The lowest BCUT2D eigenvalue weighted by molar-refractivity contribution is 0.976. The van der Waals surface area contributed by atoms with Gasteiger partial charge in [0, 0.05) is 21.1 Å². The molecule has 4 heteroatoms. The molecule has 0 saturated carbocycles. The van der Waals surface area contributed by atoms with Crippen LogP contribution in [-0.2, 0) is 0 Å². The topological polar surface area (TPSA) is 49.4 Å². The van der Waals surface area contributed by atoms with Crippen LogP contribution in [0.4, 0.5) is 0 Å². The maximum Gasteiger partial charge on any atom is 0.0570 e. The molecular weight excluding hydrogens is 236 g/mol. The zero-order valence-electron chi connectivity index (χ0n) is 14.0. The second kappa shape index (κ2) is 44.0. The van der Waals surface area contributed by atoms with E-state index in [4.69, 9.17) is 0 Å². The molecule has 112 valence electrons. The highest BCUT2D eigenvalue weighted by Crippen LogP contribution is 1.79. The highest BCUT2D eigenvalue weighted by molar-refractivity contribution is 4.99. The summed E-state index contributed by atoms with van der Waals surface area (Å²) in [4.78, 5) is 0. The largest absolute Gasteiger partial charge is 0.198 e. The van der Waals surface area contributed by atoms with Crippen molar-refractivity contribution < 1.29 is 0 Å². The van der Waals surface area contributed by atoms with Crippen LogP contribution in [0, 0.1) is 0 Å². The maximum atomic E-state index is 3.60. The Labute approximate surface area is 120 Å². The summed E-state index contributed by atoms with van der Waals surface area (Å²) in [5, 5.41) is 13.8. The van der Waals surface area contributed by atoms with Crippen LogP contribution >= 0.6 is 0 Å². The number of benzene rings is 1. The molecule has 0 atom stereocenters. The van der Waals surface area contributed by atoms with Crippen LogP contribution in [0.3, 0.4) is 0 Å². The molecule has 0 spiro atoms. The first kappa shape index (κ1) is 26.1. The van der Waals surface area contributed by atoms with E-state index in [2.05, 4.69) is 20.5 Å². The molecule has 0 N–H and O–H groups in total. The number of hydrogen-bond donors (Lipinski definition) is 0. The van der Waals surface area contributed by atoms with Gasteiger partial charge in [0.2, 0.25) is 0 Å². The first-order valence-corrected chi connectivity index (χ1v) is 6.76. The summed E-state index contributed by atoms with van der Waals surface area (Å²) in [7, 11) is 4.95. The quantitative estimate of drug-likeness (QED) is 0.602. The zero-order chi connectivity index (χ0) is 15.8. The van der Waals surface area contributed by atoms with Gasteiger partial charge in [0.05, 0.1) is 6.54 Å². The smallest absolute Gasteiger partial charge is 0.0570 e. The number of azo groups is 2. The first-order chi connectivity index (χ1) is 9.33. The molecule has 19 heavy (non-hydrogen) atoms. The van der Waals surface area contributed by atoms with E-state index in [0.717, 1.165) is 6.54 Å². The second-order valence-corrected chi connectivity index (χ2v) is 2.21. The molecule has 1 aromatic rings. The third-order valence-corrected chi connectivity index (χ3v) is 1.15. The molecule has 0 unspecified atom stereocenters. The zero-order valence-corrected chi connectivity index (χ0v) is 14.0. The molecule has 0 amide bonds. The van der Waals surface area contributed by atoms with Gasteiger partial charge in [-0.1, -0.05) is 64.1 Å². The average molecular weight is 268 g/mol. The summed E-state index contributed by atoms with van der Waals surface area (Å²) < 4.78 is 0. The predicted molar refractivity (Wildman–Crippen MR) is 87.2 cm³/mol. The normalized spacial score (nSPS) is 7.79. The fourth-order valence-corrected chi connectivity index (χ4v) is 0.526. The molecule has 1 rings (SSSR count). The van der Waals surface area contributed by atoms with Gasteiger partial charge < -0.3 is 0 Å². The van der Waals surface area contributed by atoms with Crippen molar-refractivity contribution in [3.63, 3.8) is 0 Å². The average Bonchev–Trinajstić information content (AvgIpc) is 2.54. The minimum atomic E-state index is 0.802. The molecule has 4 nitrogen and oxygen atoms in total. The van der Waals surface area contributed by atoms with Crippen LogP contribution in [0.15, 0.2) is 56.9 Å². The molecule has 0 aliphatic rings. The highest BCUT2D eigenvalue weighted by atomic mass is 15.1. The summed E-state index contributed by atoms with van der Waals surface area (Å²) >= 11 is 0. The van der Waals surface area contributed by atoms with E-state index in [1.165, 1.54) is 0 Å². The number of rotatable bonds is 1. The second-order valence-electron chi connectivity index (χ2n) is 2.21. The van der Waals surface area contributed by atoms with Crippen molar-refractivity contribution in [1.29, 1.82) is 0 Å². The van der Waals surface area contributed by atoms with E-state index < -0.39 is 0 Å². The van der Waals surface area contributed by atoms with Gasteiger partial charge in [-0.15, -0.1) is 0 Å². The summed E-state index contributed by atoms with van der Waals surface area (Å²) in [6.45, 7) is 10.8. The van der Waals surface area contributed by atoms with Crippen LogP contribution in [0.5, 0.6) is 0 Å². The molecule has 0 aromatic heterocycles. The Morgan fingerprint density at radius 2 is 0.842 bits per heavy atom. The molecule has 0 aliphatic carbocycles. The fourth-order valence-electron chi connectivity index (χ4n) is 0.526. The van der Waals surface area contributed by atoms with E-state index in [1.807, 2.05) is 71.0 Å². The van der Waals surface area contributed by atoms with Crippen molar-refractivity contribution in [2.24, 2.45) is 20.5 Å². The minimum absolute atomic E-state index is 0.802. The van der Waals surface area contributed by atoms with Gasteiger partial charge >= 0.3 is 0 Å². The van der Waals surface area contributed by atoms with Gasteiger partial charge in [0.1, 0.15) is 0 Å². The maximum absolute atomic E-state index is 3.60. The van der Waals surface area contributed by atoms with Crippen molar-refractivity contribution in [3.8, 4) is 0 Å². The predicted octanol–water partition coefficient (Wildman–Crippen LogP) is 5.53. The monoisotopic (exact) mass is 268 g/mol. The van der Waals surface area contributed by atoms with Gasteiger partial charge in [0.25, 0.3) is 0 Å². The summed E-state index contributed by atoms with van der Waals surface area (Å²) in [5.74, 6) is 0. The van der Waals surface area contributed by atoms with Gasteiger partial charge in [0.15, 0.2) is 0 Å². The molecule has 1 aromatic carbocycles. The van der Waals surface area contributed by atoms with Crippen LogP contribution < -0.4 is 0 Å². The van der Waals surface area contributed by atoms with Crippen molar-refractivity contribution in [2.75, 3.05) is 27.7 Å². The SMILES string of the molecule is CC.CC.CCN=NC.CN=NC.c1ccccc1. The summed E-state index contributed by atoms with van der Waals surface area (Å²) in [6, 6.07) is 12.0. The van der Waals surface area contributed by atoms with E-state index in [0.29, 0.717) is 0 Å². The van der Waals surface area contributed by atoms with E-state index in [-0.39, 0.29) is 0 Å². The van der Waals surface area contributed by atoms with Crippen molar-refractivity contribution >= 4 is 0 Å². The van der Waals surface area contributed by atoms with Gasteiger partial charge in [-0.2, -0.15) is 20.5 Å². The Balaban J connectivity index is -0.0000000799. The summed E-state index contributed by atoms with van der Waals surface area (Å²) in [6.07, 6.45) is 0. The van der Waals surface area contributed by atoms with Gasteiger partial charge in [-0.25, -0.2) is 0 Å². The fraction of sp³-hybridized carbons (Fsp3) is 0.600. The lowest BCUT2D eigenvalue weighted by Gasteiger charge is -1.69. The Kier molecular flexibility index (Phi) is 60.4. The van der Waals surface area contributed by atoms with E-state index >= 15 is 0 Å². The molecule has 0 bridgehead atoms. The van der Waals surface area contributed by atoms with Crippen molar-refractivity contribution in [2.45, 2.75) is 34.6 Å². The van der Waals surface area contributed by atoms with E-state index in [1.54, 1.807) is 21.1 Å². The van der Waals surface area contributed by atoms with Crippen LogP contribution in [0.2, 0.25) is 0 Å². The third-order valence-electron chi connectivity index (χ3n) is 1.15. The summed E-state index contributed by atoms with van der Waals surface area (Å²) in [5.41, 5.74) is 0. The lowest BCUT2D eigenvalue weighted by atomic mass is 10.4. The minimum Gasteiger partial charge on any atom is -0.198 e. The molecule has 0 fully saturated rings. The van der Waals surface area contributed by atoms with Gasteiger partial charge in [-0.3, -0.25) is 0 Å². The van der Waals surface area contributed by atoms with Gasteiger partial charge in [-0.05, 0) is 6.92 Å². The van der Waals surface area contributed by atoms with Crippen LogP contribution in [0.1, 0.15) is 34.6 Å². The standard InChI is InChI=1S/C6H6.C3H8N2.C2H6N2.2C2H6/c1-2-4-6-5-3-1;1-3-5-4-2;1-3-4-2;2*1-2/h1-6H;3H2,1-2H3;1-2H3;2*1-2H3. The molecule has 0 radical (unpaired) electrons. The number of hydrogen-bond acceptors (Lipinski definition) is 4. The lowest BCUT2D eigenvalue weighted by Crippen LogP contribution is -1.57. The number of nitrogens with zero attached hydrogens (tertiary/aromatic N) is 4. The van der Waals surface area contributed by atoms with Crippen molar-refractivity contribution in [3.05, 3.63) is 36.4 Å². The molecule has 0 aliphatic heterocycles.